The van der Waals surface area contributed by atoms with E-state index in [9.17, 15) is 9.90 Å². The molecule has 2 heterocycles. The second-order valence-corrected chi connectivity index (χ2v) is 4.90. The molecular weight excluding hydrogens is 250 g/mol. The number of nitrogens with one attached hydrogen (secondary N) is 1. The molecule has 94 valence electrons. The topological polar surface area (TPSA) is 75.1 Å². The van der Waals surface area contributed by atoms with Gasteiger partial charge < -0.3 is 5.11 Å². The third-order valence-corrected chi connectivity index (χ3v) is 3.38. The van der Waals surface area contributed by atoms with Gasteiger partial charge in [-0.15, -0.1) is 11.3 Å². The van der Waals surface area contributed by atoms with E-state index in [2.05, 4.69) is 15.3 Å². The molecule has 6 heteroatoms. The van der Waals surface area contributed by atoms with Crippen molar-refractivity contribution in [1.82, 2.24) is 9.97 Å². The maximum atomic E-state index is 11.9. The van der Waals surface area contributed by atoms with Crippen LogP contribution in [-0.4, -0.2) is 21.0 Å². The van der Waals surface area contributed by atoms with Gasteiger partial charge in [-0.1, -0.05) is 6.92 Å². The Morgan fingerprint density at radius 3 is 2.94 bits per heavy atom. The minimum atomic E-state index is -0.454. The molecule has 2 rings (SSSR count). The SMILES string of the molecule is CCc1nc(NC(=O)c2ncccc2O)sc1C. The maximum Gasteiger partial charge on any atom is 0.279 e. The molecule has 2 aromatic heterocycles. The molecule has 18 heavy (non-hydrogen) atoms. The molecule has 0 aliphatic carbocycles. The maximum absolute atomic E-state index is 11.9. The van der Waals surface area contributed by atoms with Crippen LogP contribution in [0.25, 0.3) is 0 Å². The van der Waals surface area contributed by atoms with Gasteiger partial charge in [-0.05, 0) is 25.5 Å². The third kappa shape index (κ3) is 2.48. The Hall–Kier alpha value is -1.95. The lowest BCUT2D eigenvalue weighted by molar-refractivity contribution is 0.101. The Labute approximate surface area is 109 Å². The lowest BCUT2D eigenvalue weighted by Gasteiger charge is -2.02. The number of anilines is 1. The fourth-order valence-electron chi connectivity index (χ4n) is 1.54. The van der Waals surface area contributed by atoms with Gasteiger partial charge in [0.1, 0.15) is 5.75 Å². The average Bonchev–Trinajstić information content (AvgIpc) is 2.69. The summed E-state index contributed by atoms with van der Waals surface area (Å²) in [5, 5.41) is 12.7. The smallest absolute Gasteiger partial charge is 0.279 e. The molecule has 0 saturated heterocycles. The van der Waals surface area contributed by atoms with Crippen molar-refractivity contribution < 1.29 is 9.90 Å². The quantitative estimate of drug-likeness (QED) is 0.891. The van der Waals surface area contributed by atoms with Gasteiger partial charge in [0.05, 0.1) is 5.69 Å². The molecule has 0 radical (unpaired) electrons. The minimum absolute atomic E-state index is 0.00315. The highest BCUT2D eigenvalue weighted by molar-refractivity contribution is 7.15. The first-order valence-electron chi connectivity index (χ1n) is 5.53. The molecule has 5 nitrogen and oxygen atoms in total. The van der Waals surface area contributed by atoms with Gasteiger partial charge in [-0.2, -0.15) is 0 Å². The number of hydrogen-bond donors (Lipinski definition) is 2. The standard InChI is InChI=1S/C12H13N3O2S/c1-3-8-7(2)18-12(14-8)15-11(17)10-9(16)5-4-6-13-10/h4-6,16H,3H2,1-2H3,(H,14,15,17). The molecule has 0 unspecified atom stereocenters. The van der Waals surface area contributed by atoms with Gasteiger partial charge in [0, 0.05) is 11.1 Å². The van der Waals surface area contributed by atoms with Crippen molar-refractivity contribution in [3.63, 3.8) is 0 Å². The van der Waals surface area contributed by atoms with E-state index in [0.717, 1.165) is 17.0 Å². The van der Waals surface area contributed by atoms with Crippen LogP contribution < -0.4 is 5.32 Å². The number of pyridine rings is 1. The largest absolute Gasteiger partial charge is 0.505 e. The zero-order chi connectivity index (χ0) is 13.1. The molecule has 0 fully saturated rings. The second-order valence-electron chi connectivity index (χ2n) is 3.70. The zero-order valence-corrected chi connectivity index (χ0v) is 10.9. The Morgan fingerprint density at radius 2 is 2.33 bits per heavy atom. The number of nitrogens with zero attached hydrogens (tertiary/aromatic N) is 2. The number of rotatable bonds is 3. The van der Waals surface area contributed by atoms with Crippen molar-refractivity contribution in [2.45, 2.75) is 20.3 Å². The molecule has 0 aromatic carbocycles. The molecule has 0 saturated carbocycles. The van der Waals surface area contributed by atoms with Crippen LogP contribution >= 0.6 is 11.3 Å². The van der Waals surface area contributed by atoms with Crippen molar-refractivity contribution in [2.24, 2.45) is 0 Å². The van der Waals surface area contributed by atoms with E-state index in [1.54, 1.807) is 6.07 Å². The molecule has 0 aliphatic heterocycles. The van der Waals surface area contributed by atoms with Crippen LogP contribution in [0.3, 0.4) is 0 Å². The minimum Gasteiger partial charge on any atom is -0.505 e. The summed E-state index contributed by atoms with van der Waals surface area (Å²) < 4.78 is 0. The lowest BCUT2D eigenvalue weighted by atomic mass is 10.3. The number of carbonyl (C=O) groups excluding carboxylic acids is 1. The van der Waals surface area contributed by atoms with Gasteiger partial charge in [-0.25, -0.2) is 9.97 Å². The summed E-state index contributed by atoms with van der Waals surface area (Å²) in [7, 11) is 0. The van der Waals surface area contributed by atoms with E-state index in [1.807, 2.05) is 13.8 Å². The summed E-state index contributed by atoms with van der Waals surface area (Å²) in [5.41, 5.74) is 0.976. The van der Waals surface area contributed by atoms with E-state index >= 15 is 0 Å². The van der Waals surface area contributed by atoms with Crippen LogP contribution in [0.1, 0.15) is 28.0 Å². The summed E-state index contributed by atoms with van der Waals surface area (Å²) in [6.45, 7) is 3.97. The summed E-state index contributed by atoms with van der Waals surface area (Å²) in [5.74, 6) is -0.594. The average molecular weight is 263 g/mol. The van der Waals surface area contributed by atoms with Gasteiger partial charge in [0.2, 0.25) is 0 Å². The van der Waals surface area contributed by atoms with E-state index in [0.29, 0.717) is 5.13 Å². The highest BCUT2D eigenvalue weighted by Gasteiger charge is 2.15. The first kappa shape index (κ1) is 12.5. The monoisotopic (exact) mass is 263 g/mol. The number of aromatic hydroxyl groups is 1. The first-order chi connectivity index (χ1) is 8.61. The molecule has 0 spiro atoms. The molecule has 2 aromatic rings. The normalized spacial score (nSPS) is 10.3. The van der Waals surface area contributed by atoms with E-state index in [1.165, 1.54) is 23.6 Å². The number of hydrogen-bond acceptors (Lipinski definition) is 5. The summed E-state index contributed by atoms with van der Waals surface area (Å²) in [4.78, 5) is 21.1. The first-order valence-corrected chi connectivity index (χ1v) is 6.35. The summed E-state index contributed by atoms with van der Waals surface area (Å²) in [6.07, 6.45) is 2.28. The Morgan fingerprint density at radius 1 is 1.56 bits per heavy atom. The van der Waals surface area contributed by atoms with Crippen LogP contribution in [0.15, 0.2) is 18.3 Å². The number of aryl methyl sites for hydroxylation is 2. The predicted molar refractivity (Wildman–Crippen MR) is 70.1 cm³/mol. The molecule has 1 amide bonds. The number of carbonyl (C=O) groups is 1. The fourth-order valence-corrected chi connectivity index (χ4v) is 2.43. The third-order valence-electron chi connectivity index (χ3n) is 2.45. The van der Waals surface area contributed by atoms with Crippen molar-refractivity contribution in [2.75, 3.05) is 5.32 Å². The lowest BCUT2D eigenvalue weighted by Crippen LogP contribution is -2.13. The second kappa shape index (κ2) is 5.14. The van der Waals surface area contributed by atoms with Crippen LogP contribution in [0.4, 0.5) is 5.13 Å². The number of thiazole rings is 1. The van der Waals surface area contributed by atoms with Crippen LogP contribution in [-0.2, 0) is 6.42 Å². The van der Waals surface area contributed by atoms with Crippen LogP contribution in [0, 0.1) is 6.92 Å². The summed E-state index contributed by atoms with van der Waals surface area (Å²) >= 11 is 1.42. The van der Waals surface area contributed by atoms with Crippen molar-refractivity contribution in [3.8, 4) is 5.75 Å². The van der Waals surface area contributed by atoms with E-state index in [-0.39, 0.29) is 11.4 Å². The predicted octanol–water partition coefficient (Wildman–Crippen LogP) is 2.37. The van der Waals surface area contributed by atoms with E-state index < -0.39 is 5.91 Å². The Bertz CT molecular complexity index is 580. The van der Waals surface area contributed by atoms with Crippen LogP contribution in [0.5, 0.6) is 5.75 Å². The molecule has 2 N–H and O–H groups in total. The molecule has 0 bridgehead atoms. The van der Waals surface area contributed by atoms with E-state index in [4.69, 9.17) is 0 Å². The summed E-state index contributed by atoms with van der Waals surface area (Å²) in [6, 6.07) is 2.99. The van der Waals surface area contributed by atoms with Crippen molar-refractivity contribution >= 4 is 22.4 Å². The highest BCUT2D eigenvalue weighted by atomic mass is 32.1. The Balaban J connectivity index is 2.19. The molecule has 0 atom stereocenters. The van der Waals surface area contributed by atoms with Gasteiger partial charge in [0.25, 0.3) is 5.91 Å². The fraction of sp³-hybridized carbons (Fsp3) is 0.250. The van der Waals surface area contributed by atoms with Crippen molar-refractivity contribution in [1.29, 1.82) is 0 Å². The van der Waals surface area contributed by atoms with Gasteiger partial charge >= 0.3 is 0 Å². The highest BCUT2D eigenvalue weighted by Crippen LogP contribution is 2.23. The number of amides is 1. The van der Waals surface area contributed by atoms with Gasteiger partial charge in [0.15, 0.2) is 10.8 Å². The Kier molecular flexibility index (Phi) is 3.57. The number of aromatic nitrogens is 2. The van der Waals surface area contributed by atoms with Crippen molar-refractivity contribution in [3.05, 3.63) is 34.6 Å². The molecular formula is C12H13N3O2S. The van der Waals surface area contributed by atoms with Crippen LogP contribution in [0.2, 0.25) is 0 Å². The molecule has 0 aliphatic rings. The zero-order valence-electron chi connectivity index (χ0n) is 10.1. The van der Waals surface area contributed by atoms with Gasteiger partial charge in [-0.3, -0.25) is 10.1 Å².